The average Bonchev–Trinajstić information content (AvgIpc) is 3.29. The lowest BCUT2D eigenvalue weighted by molar-refractivity contribution is -0.111. The minimum Gasteiger partial charge on any atom is -0.496 e. The van der Waals surface area contributed by atoms with E-state index in [2.05, 4.69) is 40.6 Å². The van der Waals surface area contributed by atoms with Crippen LogP contribution >= 0.6 is 0 Å². The Bertz CT molecular complexity index is 1590. The molecule has 2 heterocycles. The van der Waals surface area contributed by atoms with E-state index < -0.39 is 0 Å². The van der Waals surface area contributed by atoms with Gasteiger partial charge in [0.05, 0.1) is 13.4 Å². The Balaban J connectivity index is 1.61. The van der Waals surface area contributed by atoms with Crippen molar-refractivity contribution in [3.05, 3.63) is 95.9 Å². The summed E-state index contributed by atoms with van der Waals surface area (Å²) in [6, 6.07) is 20.3. The third kappa shape index (κ3) is 4.17. The molecular weight excluding hydrogens is 436 g/mol. The number of fused-ring (bicyclic) bond motifs is 2. The van der Waals surface area contributed by atoms with Gasteiger partial charge in [0.15, 0.2) is 0 Å². The Morgan fingerprint density at radius 2 is 1.80 bits per heavy atom. The number of anilines is 1. The third-order valence-electron chi connectivity index (χ3n) is 6.26. The molecule has 2 aromatic heterocycles. The van der Waals surface area contributed by atoms with Crippen molar-refractivity contribution in [2.45, 2.75) is 20.8 Å². The highest BCUT2D eigenvalue weighted by molar-refractivity contribution is 6.08. The van der Waals surface area contributed by atoms with Crippen molar-refractivity contribution >= 4 is 39.0 Å². The van der Waals surface area contributed by atoms with Gasteiger partial charge in [-0.05, 0) is 60.4 Å². The summed E-state index contributed by atoms with van der Waals surface area (Å²) in [6.45, 7) is 5.84. The third-order valence-corrected chi connectivity index (χ3v) is 6.26. The van der Waals surface area contributed by atoms with Gasteiger partial charge in [0.25, 0.3) is 0 Å². The van der Waals surface area contributed by atoms with E-state index in [1.807, 2.05) is 45.0 Å². The van der Waals surface area contributed by atoms with Crippen molar-refractivity contribution in [1.82, 2.24) is 4.98 Å². The van der Waals surface area contributed by atoms with Gasteiger partial charge in [-0.1, -0.05) is 48.5 Å². The molecule has 0 bridgehead atoms. The molecule has 0 fully saturated rings. The maximum atomic E-state index is 12.7. The summed E-state index contributed by atoms with van der Waals surface area (Å²) in [7, 11) is 1.63. The molecule has 5 heteroatoms. The first-order valence-electron chi connectivity index (χ1n) is 11.5. The highest BCUT2D eigenvalue weighted by atomic mass is 16.5. The number of pyridine rings is 1. The summed E-state index contributed by atoms with van der Waals surface area (Å²) in [6.07, 6.45) is 5.10. The molecule has 5 nitrogen and oxygen atoms in total. The first-order valence-corrected chi connectivity index (χ1v) is 11.5. The van der Waals surface area contributed by atoms with E-state index in [-0.39, 0.29) is 5.91 Å². The van der Waals surface area contributed by atoms with Gasteiger partial charge >= 0.3 is 0 Å². The highest BCUT2D eigenvalue weighted by Gasteiger charge is 2.19. The summed E-state index contributed by atoms with van der Waals surface area (Å²) in [4.78, 5) is 17.0. The van der Waals surface area contributed by atoms with Gasteiger partial charge in [0.1, 0.15) is 17.2 Å². The first kappa shape index (κ1) is 22.4. The number of benzene rings is 3. The van der Waals surface area contributed by atoms with Gasteiger partial charge in [-0.3, -0.25) is 4.79 Å². The Morgan fingerprint density at radius 1 is 1.00 bits per heavy atom. The van der Waals surface area contributed by atoms with E-state index in [0.29, 0.717) is 11.6 Å². The van der Waals surface area contributed by atoms with Crippen LogP contribution in [0.25, 0.3) is 38.4 Å². The van der Waals surface area contributed by atoms with Crippen LogP contribution in [0.1, 0.15) is 23.6 Å². The molecule has 0 atom stereocenters. The molecule has 5 aromatic rings. The zero-order valence-electron chi connectivity index (χ0n) is 20.2. The number of carbonyl (C=O) groups is 1. The van der Waals surface area contributed by atoms with Crippen molar-refractivity contribution in [1.29, 1.82) is 0 Å². The summed E-state index contributed by atoms with van der Waals surface area (Å²) < 4.78 is 11.8. The zero-order valence-corrected chi connectivity index (χ0v) is 20.2. The molecule has 0 spiro atoms. The topological polar surface area (TPSA) is 64.4 Å². The lowest BCUT2D eigenvalue weighted by atomic mass is 9.94. The number of hydrogen-bond donors (Lipinski definition) is 1. The minimum absolute atomic E-state index is 0.250. The molecule has 0 saturated carbocycles. The molecule has 0 aliphatic rings. The number of aromatic nitrogens is 1. The Kier molecular flexibility index (Phi) is 5.83. The predicted octanol–water partition coefficient (Wildman–Crippen LogP) is 7.32. The molecule has 0 aliphatic carbocycles. The molecule has 1 N–H and O–H groups in total. The second-order valence-corrected chi connectivity index (χ2v) is 8.67. The molecule has 0 aliphatic heterocycles. The van der Waals surface area contributed by atoms with E-state index >= 15 is 0 Å². The fraction of sp³-hybridized carbons (Fsp3) is 0.133. The number of nitrogens with one attached hydrogen (secondary N) is 1. The SMILES string of the molecule is COc1c(/C(C)=C/C(=O)Nc2ccc(C)cn2)cc2c(-c3cccc4ccccc34)coc2c1C. The van der Waals surface area contributed by atoms with E-state index in [1.165, 1.54) is 5.39 Å². The maximum absolute atomic E-state index is 12.7. The van der Waals surface area contributed by atoms with Gasteiger partial charge < -0.3 is 14.5 Å². The smallest absolute Gasteiger partial charge is 0.249 e. The molecule has 0 saturated heterocycles. The van der Waals surface area contributed by atoms with E-state index in [1.54, 1.807) is 31.7 Å². The first-order chi connectivity index (χ1) is 17.0. The highest BCUT2D eigenvalue weighted by Crippen LogP contribution is 2.42. The van der Waals surface area contributed by atoms with Crippen LogP contribution in [0, 0.1) is 13.8 Å². The normalized spacial score (nSPS) is 11.7. The molecular formula is C30H26N2O3. The van der Waals surface area contributed by atoms with Crippen molar-refractivity contribution < 1.29 is 13.9 Å². The van der Waals surface area contributed by atoms with Gasteiger partial charge in [-0.15, -0.1) is 0 Å². The summed E-state index contributed by atoms with van der Waals surface area (Å²) in [5, 5.41) is 6.13. The Labute approximate surface area is 204 Å². The van der Waals surface area contributed by atoms with Crippen LogP contribution in [0.2, 0.25) is 0 Å². The second-order valence-electron chi connectivity index (χ2n) is 8.67. The molecule has 35 heavy (non-hydrogen) atoms. The quantitative estimate of drug-likeness (QED) is 0.278. The summed E-state index contributed by atoms with van der Waals surface area (Å²) >= 11 is 0. The number of nitrogens with zero attached hydrogens (tertiary/aromatic N) is 1. The van der Waals surface area contributed by atoms with E-state index in [0.717, 1.165) is 49.7 Å². The Morgan fingerprint density at radius 3 is 2.57 bits per heavy atom. The van der Waals surface area contributed by atoms with Crippen LogP contribution in [-0.4, -0.2) is 18.0 Å². The number of rotatable bonds is 5. The fourth-order valence-corrected chi connectivity index (χ4v) is 4.52. The van der Waals surface area contributed by atoms with Crippen LogP contribution in [0.5, 0.6) is 5.75 Å². The van der Waals surface area contributed by atoms with Crippen molar-refractivity contribution in [3.63, 3.8) is 0 Å². The number of furan rings is 1. The van der Waals surface area contributed by atoms with Gasteiger partial charge in [0, 0.05) is 34.3 Å². The fourth-order valence-electron chi connectivity index (χ4n) is 4.52. The number of aryl methyl sites for hydroxylation is 2. The van der Waals surface area contributed by atoms with Crippen LogP contribution in [-0.2, 0) is 4.79 Å². The molecule has 5 rings (SSSR count). The van der Waals surface area contributed by atoms with Crippen LogP contribution in [0.4, 0.5) is 5.82 Å². The number of ether oxygens (including phenoxy) is 1. The maximum Gasteiger partial charge on any atom is 0.249 e. The minimum atomic E-state index is -0.250. The largest absolute Gasteiger partial charge is 0.496 e. The number of carbonyl (C=O) groups excluding carboxylic acids is 1. The number of allylic oxidation sites excluding steroid dienone is 1. The lowest BCUT2D eigenvalue weighted by Crippen LogP contribution is -2.10. The number of amides is 1. The predicted molar refractivity (Wildman–Crippen MR) is 142 cm³/mol. The Hall–Kier alpha value is -4.38. The van der Waals surface area contributed by atoms with Crippen molar-refractivity contribution in [3.8, 4) is 16.9 Å². The molecule has 3 aromatic carbocycles. The van der Waals surface area contributed by atoms with Crippen molar-refractivity contribution in [2.24, 2.45) is 0 Å². The van der Waals surface area contributed by atoms with Crippen LogP contribution < -0.4 is 10.1 Å². The lowest BCUT2D eigenvalue weighted by Gasteiger charge is -2.13. The van der Waals surface area contributed by atoms with Gasteiger partial charge in [-0.2, -0.15) is 0 Å². The molecule has 0 unspecified atom stereocenters. The van der Waals surface area contributed by atoms with Gasteiger partial charge in [0.2, 0.25) is 5.91 Å². The van der Waals surface area contributed by atoms with Crippen LogP contribution in [0.15, 0.2) is 83.6 Å². The molecule has 0 radical (unpaired) electrons. The van der Waals surface area contributed by atoms with Gasteiger partial charge in [-0.25, -0.2) is 4.98 Å². The summed E-state index contributed by atoms with van der Waals surface area (Å²) in [5.74, 6) is 0.947. The average molecular weight is 463 g/mol. The van der Waals surface area contributed by atoms with E-state index in [9.17, 15) is 4.79 Å². The molecule has 1 amide bonds. The standard InChI is InChI=1S/C30H26N2O3/c1-18-12-13-27(31-16-18)32-28(33)14-19(2)24-15-25-26(17-35-30(25)20(3)29(24)34-4)23-11-7-9-21-8-5-6-10-22(21)23/h5-17H,1-4H3,(H,31,32,33)/b19-14+. The number of hydrogen-bond acceptors (Lipinski definition) is 4. The second kappa shape index (κ2) is 9.11. The van der Waals surface area contributed by atoms with E-state index in [4.69, 9.17) is 9.15 Å². The monoisotopic (exact) mass is 462 g/mol. The summed E-state index contributed by atoms with van der Waals surface area (Å²) in [5.41, 5.74) is 6.42. The zero-order chi connectivity index (χ0) is 24.5. The number of methoxy groups -OCH3 is 1. The molecule has 174 valence electrons. The van der Waals surface area contributed by atoms with Crippen molar-refractivity contribution in [2.75, 3.05) is 12.4 Å². The van der Waals surface area contributed by atoms with Crippen LogP contribution in [0.3, 0.4) is 0 Å².